The molecule has 2 aromatic heterocycles. The van der Waals surface area contributed by atoms with Gasteiger partial charge >= 0.3 is 0 Å². The van der Waals surface area contributed by atoms with Crippen LogP contribution >= 0.6 is 11.6 Å². The normalized spacial score (nSPS) is 10.9. The molecule has 2 heterocycles. The van der Waals surface area contributed by atoms with Crippen molar-refractivity contribution in [2.75, 3.05) is 5.32 Å². The number of nitrogens with one attached hydrogen (secondary N) is 2. The average molecular weight is 463 g/mol. The summed E-state index contributed by atoms with van der Waals surface area (Å²) in [7, 11) is 0. The molecular weight excluding hydrogens is 440 g/mol. The van der Waals surface area contributed by atoms with Crippen LogP contribution in [0.2, 0.25) is 5.02 Å². The van der Waals surface area contributed by atoms with E-state index < -0.39 is 0 Å². The van der Waals surface area contributed by atoms with Gasteiger partial charge < -0.3 is 10.6 Å². The zero-order valence-electron chi connectivity index (χ0n) is 18.2. The fraction of sp³-hybridized carbons (Fsp3) is 0.167. The molecule has 0 atom stereocenters. The van der Waals surface area contributed by atoms with E-state index in [0.717, 1.165) is 5.56 Å². The molecule has 4 rings (SSSR count). The summed E-state index contributed by atoms with van der Waals surface area (Å²) in [6.07, 6.45) is 6.50. The van der Waals surface area contributed by atoms with Crippen molar-refractivity contribution in [3.05, 3.63) is 95.0 Å². The highest BCUT2D eigenvalue weighted by Crippen LogP contribution is 2.16. The van der Waals surface area contributed by atoms with Crippen LogP contribution in [0.25, 0.3) is 5.69 Å². The molecule has 2 aromatic carbocycles. The molecule has 2 N–H and O–H groups in total. The maximum absolute atomic E-state index is 12.7. The second-order valence-corrected chi connectivity index (χ2v) is 8.16. The Hall–Kier alpha value is -3.91. The maximum Gasteiger partial charge on any atom is 0.255 e. The summed E-state index contributed by atoms with van der Waals surface area (Å²) in [5, 5.41) is 14.8. The highest BCUT2D eigenvalue weighted by molar-refractivity contribution is 6.31. The van der Waals surface area contributed by atoms with Crippen molar-refractivity contribution in [1.82, 2.24) is 24.9 Å². The number of rotatable bonds is 7. The lowest BCUT2D eigenvalue weighted by Gasteiger charge is -2.07. The molecule has 0 bridgehead atoms. The summed E-state index contributed by atoms with van der Waals surface area (Å²) >= 11 is 6.14. The van der Waals surface area contributed by atoms with Gasteiger partial charge in [0.1, 0.15) is 0 Å². The minimum absolute atomic E-state index is 0.204. The molecule has 0 spiro atoms. The van der Waals surface area contributed by atoms with Crippen molar-refractivity contribution in [2.45, 2.75) is 26.4 Å². The van der Waals surface area contributed by atoms with Crippen molar-refractivity contribution in [3.63, 3.8) is 0 Å². The van der Waals surface area contributed by atoms with Gasteiger partial charge in [0, 0.05) is 35.6 Å². The van der Waals surface area contributed by atoms with Crippen LogP contribution in [0.5, 0.6) is 0 Å². The third kappa shape index (κ3) is 5.30. The fourth-order valence-corrected chi connectivity index (χ4v) is 3.38. The summed E-state index contributed by atoms with van der Waals surface area (Å²) in [4.78, 5) is 25.2. The van der Waals surface area contributed by atoms with Gasteiger partial charge in [-0.25, -0.2) is 4.68 Å². The van der Waals surface area contributed by atoms with Gasteiger partial charge in [-0.2, -0.15) is 10.2 Å². The molecule has 0 saturated heterocycles. The zero-order valence-corrected chi connectivity index (χ0v) is 19.0. The molecule has 0 radical (unpaired) electrons. The van der Waals surface area contributed by atoms with Crippen molar-refractivity contribution >= 4 is 29.1 Å². The SMILES string of the molecule is CC(C)n1cc(NC(=O)c2cccc(-n3cc(C(=O)NCc4ccccc4Cl)cn3)c2)cn1. The van der Waals surface area contributed by atoms with Crippen LogP contribution in [0.15, 0.2) is 73.3 Å². The van der Waals surface area contributed by atoms with Crippen LogP contribution in [-0.4, -0.2) is 31.4 Å². The Bertz CT molecular complexity index is 1290. The lowest BCUT2D eigenvalue weighted by atomic mass is 10.2. The number of anilines is 1. The Morgan fingerprint density at radius 1 is 0.970 bits per heavy atom. The minimum Gasteiger partial charge on any atom is -0.348 e. The summed E-state index contributed by atoms with van der Waals surface area (Å²) in [5.74, 6) is -0.526. The Labute approximate surface area is 196 Å². The third-order valence-electron chi connectivity index (χ3n) is 5.00. The second-order valence-electron chi connectivity index (χ2n) is 7.75. The van der Waals surface area contributed by atoms with Crippen molar-refractivity contribution < 1.29 is 9.59 Å². The predicted molar refractivity (Wildman–Crippen MR) is 127 cm³/mol. The number of hydrogen-bond donors (Lipinski definition) is 2. The summed E-state index contributed by atoms with van der Waals surface area (Å²) < 4.78 is 3.33. The Kier molecular flexibility index (Phi) is 6.55. The quantitative estimate of drug-likeness (QED) is 0.423. The number of hydrogen-bond acceptors (Lipinski definition) is 4. The Morgan fingerprint density at radius 2 is 1.79 bits per heavy atom. The molecule has 9 heteroatoms. The number of aromatic nitrogens is 4. The van der Waals surface area contributed by atoms with E-state index in [4.69, 9.17) is 11.6 Å². The monoisotopic (exact) mass is 462 g/mol. The molecule has 0 fully saturated rings. The first kappa shape index (κ1) is 22.3. The summed E-state index contributed by atoms with van der Waals surface area (Å²) in [6, 6.07) is 14.5. The van der Waals surface area contributed by atoms with E-state index in [1.807, 2.05) is 38.1 Å². The van der Waals surface area contributed by atoms with Crippen LogP contribution < -0.4 is 10.6 Å². The first-order valence-corrected chi connectivity index (χ1v) is 10.8. The van der Waals surface area contributed by atoms with E-state index >= 15 is 0 Å². The predicted octanol–water partition coefficient (Wildman–Crippen LogP) is 4.49. The summed E-state index contributed by atoms with van der Waals surface area (Å²) in [6.45, 7) is 4.34. The van der Waals surface area contributed by atoms with E-state index in [1.165, 1.54) is 6.20 Å². The zero-order chi connectivity index (χ0) is 23.4. The van der Waals surface area contributed by atoms with Gasteiger partial charge in [-0.3, -0.25) is 14.3 Å². The molecule has 0 aliphatic carbocycles. The van der Waals surface area contributed by atoms with Gasteiger partial charge in [-0.1, -0.05) is 35.9 Å². The molecule has 4 aromatic rings. The number of carbonyl (C=O) groups is 2. The highest BCUT2D eigenvalue weighted by atomic mass is 35.5. The number of nitrogens with zero attached hydrogens (tertiary/aromatic N) is 4. The van der Waals surface area contributed by atoms with Gasteiger partial charge in [-0.15, -0.1) is 0 Å². The first-order chi connectivity index (χ1) is 15.9. The molecule has 0 aliphatic rings. The number of halogens is 1. The van der Waals surface area contributed by atoms with Crippen molar-refractivity contribution in [2.24, 2.45) is 0 Å². The highest BCUT2D eigenvalue weighted by Gasteiger charge is 2.13. The van der Waals surface area contributed by atoms with Crippen molar-refractivity contribution in [1.29, 1.82) is 0 Å². The minimum atomic E-state index is -0.266. The van der Waals surface area contributed by atoms with Crippen LogP contribution in [0.4, 0.5) is 5.69 Å². The van der Waals surface area contributed by atoms with Crippen LogP contribution in [-0.2, 0) is 6.54 Å². The third-order valence-corrected chi connectivity index (χ3v) is 5.37. The molecule has 33 heavy (non-hydrogen) atoms. The molecular formula is C24H23ClN6O2. The molecule has 0 unspecified atom stereocenters. The van der Waals surface area contributed by atoms with E-state index in [0.29, 0.717) is 34.1 Å². The van der Waals surface area contributed by atoms with E-state index in [9.17, 15) is 9.59 Å². The smallest absolute Gasteiger partial charge is 0.255 e. The van der Waals surface area contributed by atoms with Gasteiger partial charge in [0.25, 0.3) is 11.8 Å². The van der Waals surface area contributed by atoms with Gasteiger partial charge in [-0.05, 0) is 43.7 Å². The first-order valence-electron chi connectivity index (χ1n) is 10.4. The molecule has 0 saturated carbocycles. The topological polar surface area (TPSA) is 93.8 Å². The van der Waals surface area contributed by atoms with Crippen LogP contribution in [0, 0.1) is 0 Å². The van der Waals surface area contributed by atoms with Gasteiger partial charge in [0.05, 0.1) is 29.3 Å². The Balaban J connectivity index is 1.43. The molecule has 0 aliphatic heterocycles. The number of amides is 2. The molecule has 168 valence electrons. The average Bonchev–Trinajstić information content (AvgIpc) is 3.49. The van der Waals surface area contributed by atoms with Crippen LogP contribution in [0.1, 0.15) is 46.2 Å². The lowest BCUT2D eigenvalue weighted by molar-refractivity contribution is 0.0950. The maximum atomic E-state index is 12.7. The van der Waals surface area contributed by atoms with Gasteiger partial charge in [0.2, 0.25) is 0 Å². The largest absolute Gasteiger partial charge is 0.348 e. The van der Waals surface area contributed by atoms with E-state index in [2.05, 4.69) is 20.8 Å². The number of carbonyl (C=O) groups excluding carboxylic acids is 2. The Morgan fingerprint density at radius 3 is 2.55 bits per heavy atom. The summed E-state index contributed by atoms with van der Waals surface area (Å²) in [5.41, 5.74) is 2.97. The molecule has 2 amide bonds. The lowest BCUT2D eigenvalue weighted by Crippen LogP contribution is -2.22. The van der Waals surface area contributed by atoms with Gasteiger partial charge in [0.15, 0.2) is 0 Å². The fourth-order valence-electron chi connectivity index (χ4n) is 3.18. The number of benzene rings is 2. The van der Waals surface area contributed by atoms with Crippen molar-refractivity contribution in [3.8, 4) is 5.69 Å². The van der Waals surface area contributed by atoms with Crippen LogP contribution in [0.3, 0.4) is 0 Å². The van der Waals surface area contributed by atoms with E-state index in [1.54, 1.807) is 52.2 Å². The molecule has 8 nitrogen and oxygen atoms in total. The second kappa shape index (κ2) is 9.70. The van der Waals surface area contributed by atoms with E-state index in [-0.39, 0.29) is 17.9 Å². The standard InChI is InChI=1S/C24H23ClN6O2/c1-16(2)30-15-20(13-28-30)29-24(33)17-7-5-8-21(10-17)31-14-19(12-27-31)23(32)26-11-18-6-3-4-9-22(18)25/h3-10,12-16H,11H2,1-2H3,(H,26,32)(H,29,33).